The maximum atomic E-state index is 15.3. The van der Waals surface area contributed by atoms with E-state index in [2.05, 4.69) is 10.6 Å². The molecule has 2 N–H and O–H groups in total. The van der Waals surface area contributed by atoms with Crippen LogP contribution in [-0.2, 0) is 10.8 Å². The summed E-state index contributed by atoms with van der Waals surface area (Å²) in [6, 6.07) is 3.98. The highest BCUT2D eigenvalue weighted by Gasteiger charge is 2.92. The van der Waals surface area contributed by atoms with Crippen LogP contribution in [0.25, 0.3) is 0 Å². The molecule has 0 fully saturated rings. The number of anilines is 2. The summed E-state index contributed by atoms with van der Waals surface area (Å²) in [5.74, 6) is -79.1. The van der Waals surface area contributed by atoms with Gasteiger partial charge in [-0.3, -0.25) is 0 Å². The smallest absolute Gasteiger partial charge is 0.380 e. The van der Waals surface area contributed by atoms with Gasteiger partial charge in [0.15, 0.2) is 0 Å². The summed E-state index contributed by atoms with van der Waals surface area (Å²) in [5, 5.41) is 4.53. The second kappa shape index (κ2) is 17.6. The van der Waals surface area contributed by atoms with Gasteiger partial charge in [0, 0.05) is 36.3 Å². The predicted molar refractivity (Wildman–Crippen MR) is 185 cm³/mol. The van der Waals surface area contributed by atoms with E-state index < -0.39 is 132 Å². The minimum absolute atomic E-state index is 0.0193. The van der Waals surface area contributed by atoms with Crippen LogP contribution in [0.3, 0.4) is 0 Å². The van der Waals surface area contributed by atoms with Gasteiger partial charge in [-0.1, -0.05) is 77.9 Å². The molecule has 0 bridgehead atoms. The fourth-order valence-corrected chi connectivity index (χ4v) is 6.26. The molecule has 0 spiro atoms. The van der Waals surface area contributed by atoms with Gasteiger partial charge in [-0.2, -0.15) is 114 Å². The van der Waals surface area contributed by atoms with E-state index in [-0.39, 0.29) is 11.1 Å². The van der Waals surface area contributed by atoms with Gasteiger partial charge < -0.3 is 10.6 Å². The van der Waals surface area contributed by atoms with Crippen LogP contribution in [0.5, 0.6) is 0 Å². The molecule has 2 atom stereocenters. The maximum absolute atomic E-state index is 15.3. The van der Waals surface area contributed by atoms with E-state index in [9.17, 15) is 96.6 Å². The third-order valence-corrected chi connectivity index (χ3v) is 10.2. The molecule has 382 valence electrons. The Morgan fingerprint density at radius 3 is 0.788 bits per heavy atom. The van der Waals surface area contributed by atoms with Crippen LogP contribution in [0.2, 0.25) is 0 Å². The molecule has 2 aromatic carbocycles. The first-order valence-corrected chi connectivity index (χ1v) is 18.5. The fourth-order valence-electron chi connectivity index (χ4n) is 6.26. The van der Waals surface area contributed by atoms with Gasteiger partial charge in [0.05, 0.1) is 0 Å². The minimum Gasteiger partial charge on any atom is -0.380 e. The second-order valence-electron chi connectivity index (χ2n) is 17.2. The summed E-state index contributed by atoms with van der Waals surface area (Å²) in [7, 11) is 0. The zero-order valence-electron chi connectivity index (χ0n) is 34.4. The van der Waals surface area contributed by atoms with Gasteiger partial charge >= 0.3 is 71.6 Å². The van der Waals surface area contributed by atoms with Crippen molar-refractivity contribution in [3.05, 3.63) is 59.7 Å². The Morgan fingerprint density at radius 1 is 0.333 bits per heavy atom. The summed E-state index contributed by atoms with van der Waals surface area (Å²) < 4.78 is 365. The fraction of sp³-hybridized carbons (Fsp3) is 0.684. The van der Waals surface area contributed by atoms with E-state index >= 15 is 17.6 Å². The molecule has 2 unspecified atom stereocenters. The third-order valence-electron chi connectivity index (χ3n) is 10.2. The van der Waals surface area contributed by atoms with Gasteiger partial charge in [-0.25, -0.2) is 0 Å². The van der Waals surface area contributed by atoms with Crippen molar-refractivity contribution in [2.75, 3.05) is 10.6 Å². The molecule has 28 heteroatoms. The molecule has 0 aliphatic carbocycles. The second-order valence-corrected chi connectivity index (χ2v) is 17.2. The molecule has 66 heavy (non-hydrogen) atoms. The Balaban J connectivity index is 2.95. The molecule has 2 aromatic rings. The van der Waals surface area contributed by atoms with E-state index in [1.807, 2.05) is 0 Å². The standard InChI is InChI=1S/C38H38F26N2/c1-25(2,3)19-11-7-9-13-21(19)65-23(15-17-27(39,40)29(43,44)31(47,48)33(51,52)35(55,56)37(59,60)61)24(66-22-14-10-8-12-20(22)26(4,5)6)16-18-28(41,42)30(45,46)32(49,50)34(53,54)36(57,58)38(62,63)64/h7-14,23-24,65-66H,15-18H2,1-6H3. The first-order chi connectivity index (χ1) is 28.9. The lowest BCUT2D eigenvalue weighted by Gasteiger charge is -2.41. The summed E-state index contributed by atoms with van der Waals surface area (Å²) in [5.41, 5.74) is -3.03. The van der Waals surface area contributed by atoms with Crippen LogP contribution in [0, 0.1) is 0 Å². The van der Waals surface area contributed by atoms with E-state index in [0.29, 0.717) is 0 Å². The van der Waals surface area contributed by atoms with Crippen molar-refractivity contribution in [3.63, 3.8) is 0 Å². The number of hydrogen-bond acceptors (Lipinski definition) is 2. The van der Waals surface area contributed by atoms with Crippen LogP contribution >= 0.6 is 0 Å². The van der Waals surface area contributed by atoms with Crippen LogP contribution in [0.1, 0.15) is 78.4 Å². The van der Waals surface area contributed by atoms with Crippen LogP contribution in [0.4, 0.5) is 126 Å². The predicted octanol–water partition coefficient (Wildman–Crippen LogP) is 15.6. The SMILES string of the molecule is CC(C)(C)c1ccccc1NC(CCC(F)(F)C(F)(F)C(F)(F)C(F)(F)C(F)(F)C(F)(F)F)C(CCC(F)(F)C(F)(F)C(F)(F)C(F)(F)C(F)(F)C(F)(F)F)Nc1ccccc1C(C)(C)C. The first-order valence-electron chi connectivity index (χ1n) is 18.5. The average Bonchev–Trinajstić information content (AvgIpc) is 3.13. The summed E-state index contributed by atoms with van der Waals surface area (Å²) in [4.78, 5) is 0. The van der Waals surface area contributed by atoms with Crippen molar-refractivity contribution in [2.45, 2.75) is 162 Å². The lowest BCUT2D eigenvalue weighted by Crippen LogP contribution is -2.70. The number of para-hydroxylation sites is 2. The Hall–Kier alpha value is -3.78. The average molecular weight is 1020 g/mol. The molecule has 0 aromatic heterocycles. The molecule has 0 saturated carbocycles. The molecule has 0 saturated heterocycles. The maximum Gasteiger partial charge on any atom is 0.460 e. The van der Waals surface area contributed by atoms with E-state index in [1.165, 1.54) is 65.8 Å². The van der Waals surface area contributed by atoms with E-state index in [0.717, 1.165) is 24.3 Å². The molecule has 0 amide bonds. The Bertz CT molecular complexity index is 1810. The van der Waals surface area contributed by atoms with Crippen molar-refractivity contribution in [1.82, 2.24) is 0 Å². The molecule has 2 rings (SSSR count). The van der Waals surface area contributed by atoms with Crippen molar-refractivity contribution in [1.29, 1.82) is 0 Å². The molecular weight excluding hydrogens is 978 g/mol. The monoisotopic (exact) mass is 1020 g/mol. The third kappa shape index (κ3) is 10.2. The van der Waals surface area contributed by atoms with Gasteiger partial charge in [0.1, 0.15) is 0 Å². The molecule has 2 nitrogen and oxygen atoms in total. The van der Waals surface area contributed by atoms with E-state index in [4.69, 9.17) is 0 Å². The van der Waals surface area contributed by atoms with Crippen molar-refractivity contribution < 1.29 is 114 Å². The van der Waals surface area contributed by atoms with Crippen molar-refractivity contribution >= 4 is 11.4 Å². The Labute approximate surface area is 357 Å². The Morgan fingerprint density at radius 2 is 0.561 bits per heavy atom. The number of halogens is 26. The first kappa shape index (κ1) is 58.3. The number of alkyl halides is 26. The zero-order valence-corrected chi connectivity index (χ0v) is 34.4. The molecule has 0 radical (unpaired) electrons. The number of rotatable bonds is 19. The molecule has 0 heterocycles. The van der Waals surface area contributed by atoms with Gasteiger partial charge in [0.25, 0.3) is 0 Å². The summed E-state index contributed by atoms with van der Waals surface area (Å²) in [6.07, 6.45) is -25.9. The van der Waals surface area contributed by atoms with E-state index in [1.54, 1.807) is 0 Å². The molecule has 0 aliphatic heterocycles. The van der Waals surface area contributed by atoms with Crippen LogP contribution in [0.15, 0.2) is 48.5 Å². The van der Waals surface area contributed by atoms with Crippen molar-refractivity contribution in [2.24, 2.45) is 0 Å². The number of nitrogens with one attached hydrogen (secondary N) is 2. The normalized spacial score (nSPS) is 16.3. The highest BCUT2D eigenvalue weighted by atomic mass is 19.4. The lowest BCUT2D eigenvalue weighted by atomic mass is 9.84. The largest absolute Gasteiger partial charge is 0.460 e. The van der Waals surface area contributed by atoms with Crippen LogP contribution < -0.4 is 10.6 Å². The molecule has 0 aliphatic rings. The highest BCUT2D eigenvalue weighted by molar-refractivity contribution is 5.57. The number of benzene rings is 2. The summed E-state index contributed by atoms with van der Waals surface area (Å²) in [6.45, 7) is 8.45. The highest BCUT2D eigenvalue weighted by Crippen LogP contribution is 2.63. The zero-order chi connectivity index (χ0) is 52.4. The summed E-state index contributed by atoms with van der Waals surface area (Å²) >= 11 is 0. The van der Waals surface area contributed by atoms with Gasteiger partial charge in [-0.05, 0) is 46.9 Å². The van der Waals surface area contributed by atoms with Crippen molar-refractivity contribution in [3.8, 4) is 0 Å². The Kier molecular flexibility index (Phi) is 15.6. The van der Waals surface area contributed by atoms with Gasteiger partial charge in [-0.15, -0.1) is 0 Å². The van der Waals surface area contributed by atoms with Crippen LogP contribution in [-0.4, -0.2) is 83.7 Å². The molecular formula is C38H38F26N2. The number of hydrogen-bond donors (Lipinski definition) is 2. The minimum atomic E-state index is -8.35. The quantitative estimate of drug-likeness (QED) is 0.137. The van der Waals surface area contributed by atoms with Gasteiger partial charge in [0.2, 0.25) is 0 Å². The topological polar surface area (TPSA) is 24.1 Å². The lowest BCUT2D eigenvalue weighted by molar-refractivity contribution is -0.440.